The molecule has 32 heavy (non-hydrogen) atoms. The Kier molecular flexibility index (Phi) is 4.83. The lowest BCUT2D eigenvalue weighted by Crippen LogP contribution is -2.22. The van der Waals surface area contributed by atoms with Crippen molar-refractivity contribution in [1.29, 1.82) is 0 Å². The zero-order valence-electron chi connectivity index (χ0n) is 17.8. The van der Waals surface area contributed by atoms with E-state index in [0.29, 0.717) is 27.9 Å². The second-order valence-electron chi connectivity index (χ2n) is 7.90. The summed E-state index contributed by atoms with van der Waals surface area (Å²) < 4.78 is 5.98. The topological polar surface area (TPSA) is 55.4 Å². The van der Waals surface area contributed by atoms with E-state index in [1.54, 1.807) is 36.4 Å². The fourth-order valence-corrected chi connectivity index (χ4v) is 4.19. The van der Waals surface area contributed by atoms with Gasteiger partial charge in [0, 0.05) is 22.4 Å². The summed E-state index contributed by atoms with van der Waals surface area (Å²) in [5, 5.41) is 3.41. The van der Waals surface area contributed by atoms with Gasteiger partial charge in [-0.05, 0) is 55.3 Å². The van der Waals surface area contributed by atoms with Crippen molar-refractivity contribution in [2.45, 2.75) is 13.8 Å². The molecule has 4 nitrogen and oxygen atoms in total. The highest BCUT2D eigenvalue weighted by molar-refractivity contribution is 6.30. The van der Waals surface area contributed by atoms with Crippen molar-refractivity contribution in [2.24, 2.45) is 0 Å². The van der Waals surface area contributed by atoms with Gasteiger partial charge in [0.1, 0.15) is 11.5 Å². The lowest BCUT2D eigenvalue weighted by Gasteiger charge is -2.22. The smallest absolute Gasteiger partial charge is 0.196 e. The molecule has 0 fully saturated rings. The molecule has 4 heteroatoms. The molecule has 0 saturated carbocycles. The van der Waals surface area contributed by atoms with Crippen LogP contribution in [0.15, 0.2) is 84.9 Å². The van der Waals surface area contributed by atoms with Gasteiger partial charge in [-0.3, -0.25) is 9.59 Å². The Morgan fingerprint density at radius 3 is 1.91 bits per heavy atom. The summed E-state index contributed by atoms with van der Waals surface area (Å²) in [5.74, 6) is 1.25. The molecular formula is C28H21NO3. The van der Waals surface area contributed by atoms with Crippen LogP contribution in [0.3, 0.4) is 0 Å². The normalized spacial score (nSPS) is 12.2. The maximum absolute atomic E-state index is 13.3. The van der Waals surface area contributed by atoms with Crippen LogP contribution in [-0.4, -0.2) is 11.6 Å². The van der Waals surface area contributed by atoms with Crippen LogP contribution in [0.25, 0.3) is 0 Å². The molecular weight excluding hydrogens is 398 g/mol. The largest absolute Gasteiger partial charge is 0.457 e. The second kappa shape index (κ2) is 7.82. The number of carbonyl (C=O) groups is 2. The van der Waals surface area contributed by atoms with E-state index in [9.17, 15) is 9.59 Å². The van der Waals surface area contributed by atoms with E-state index in [1.807, 2.05) is 62.4 Å². The first-order valence-corrected chi connectivity index (χ1v) is 10.5. The van der Waals surface area contributed by atoms with Crippen molar-refractivity contribution in [1.82, 2.24) is 0 Å². The van der Waals surface area contributed by atoms with Gasteiger partial charge in [0.05, 0.1) is 11.3 Å². The molecule has 5 rings (SSSR count). The van der Waals surface area contributed by atoms with Crippen LogP contribution in [0.4, 0.5) is 11.4 Å². The molecule has 156 valence electrons. The molecule has 4 aromatic rings. The minimum atomic E-state index is -0.141. The van der Waals surface area contributed by atoms with Crippen molar-refractivity contribution in [2.75, 3.05) is 5.32 Å². The van der Waals surface area contributed by atoms with Crippen LogP contribution >= 0.6 is 0 Å². The maximum Gasteiger partial charge on any atom is 0.196 e. The quantitative estimate of drug-likeness (QED) is 0.356. The zero-order chi connectivity index (χ0) is 22.2. The third-order valence-corrected chi connectivity index (χ3v) is 5.70. The summed E-state index contributed by atoms with van der Waals surface area (Å²) in [5.41, 5.74) is 5.21. The molecule has 0 atom stereocenters. The van der Waals surface area contributed by atoms with Gasteiger partial charge < -0.3 is 10.1 Å². The number of aryl methyl sites for hydroxylation is 2. The van der Waals surface area contributed by atoms with Crippen molar-refractivity contribution in [3.8, 4) is 11.5 Å². The molecule has 0 radical (unpaired) electrons. The van der Waals surface area contributed by atoms with Gasteiger partial charge in [0.25, 0.3) is 0 Å². The van der Waals surface area contributed by atoms with Crippen molar-refractivity contribution < 1.29 is 14.3 Å². The van der Waals surface area contributed by atoms with Gasteiger partial charge in [-0.2, -0.15) is 0 Å². The summed E-state index contributed by atoms with van der Waals surface area (Å²) in [6, 6.07) is 25.9. The van der Waals surface area contributed by atoms with E-state index in [1.165, 1.54) is 0 Å². The minimum absolute atomic E-state index is 0.126. The predicted octanol–water partition coefficient (Wildman–Crippen LogP) is 6.61. The molecule has 1 N–H and O–H groups in total. The third kappa shape index (κ3) is 3.36. The number of hydrogen-bond donors (Lipinski definition) is 1. The zero-order valence-corrected chi connectivity index (χ0v) is 17.8. The minimum Gasteiger partial charge on any atom is -0.457 e. The summed E-state index contributed by atoms with van der Waals surface area (Å²) in [7, 11) is 0. The number of ketones is 2. The Labute approximate surface area is 186 Å². The maximum atomic E-state index is 13.3. The molecule has 0 saturated heterocycles. The molecule has 0 heterocycles. The van der Waals surface area contributed by atoms with Crippen LogP contribution in [0.2, 0.25) is 0 Å². The number of rotatable bonds is 4. The van der Waals surface area contributed by atoms with E-state index >= 15 is 0 Å². The van der Waals surface area contributed by atoms with E-state index in [2.05, 4.69) is 5.32 Å². The SMILES string of the molecule is Cc1cc(Oc2ccccc2)cc(C)c1Nc1cccc2c1C(=O)c1ccccc1C2=O. The first kappa shape index (κ1) is 19.8. The molecule has 0 aromatic heterocycles. The Bertz CT molecular complexity index is 1350. The monoisotopic (exact) mass is 419 g/mol. The summed E-state index contributed by atoms with van der Waals surface area (Å²) in [4.78, 5) is 26.3. The molecule has 0 amide bonds. The summed E-state index contributed by atoms with van der Waals surface area (Å²) >= 11 is 0. The van der Waals surface area contributed by atoms with Crippen LogP contribution in [0.5, 0.6) is 11.5 Å². The third-order valence-electron chi connectivity index (χ3n) is 5.70. The molecule has 0 bridgehead atoms. The predicted molar refractivity (Wildman–Crippen MR) is 125 cm³/mol. The molecule has 4 aromatic carbocycles. The number of fused-ring (bicyclic) bond motifs is 2. The summed E-state index contributed by atoms with van der Waals surface area (Å²) in [6.45, 7) is 3.98. The highest BCUT2D eigenvalue weighted by Crippen LogP contribution is 2.36. The van der Waals surface area contributed by atoms with E-state index in [-0.39, 0.29) is 11.6 Å². The van der Waals surface area contributed by atoms with Gasteiger partial charge in [0.15, 0.2) is 11.6 Å². The number of anilines is 2. The fourth-order valence-electron chi connectivity index (χ4n) is 4.19. The Balaban J connectivity index is 1.52. The molecule has 0 unspecified atom stereocenters. The molecule has 1 aliphatic carbocycles. The second-order valence-corrected chi connectivity index (χ2v) is 7.90. The average molecular weight is 419 g/mol. The van der Waals surface area contributed by atoms with Crippen LogP contribution in [0.1, 0.15) is 43.0 Å². The molecule has 1 aliphatic rings. The fraction of sp³-hybridized carbons (Fsp3) is 0.0714. The lowest BCUT2D eigenvalue weighted by atomic mass is 9.83. The van der Waals surface area contributed by atoms with Gasteiger partial charge in [-0.1, -0.05) is 54.6 Å². The first-order chi connectivity index (χ1) is 15.5. The highest BCUT2D eigenvalue weighted by atomic mass is 16.5. The Morgan fingerprint density at radius 2 is 1.22 bits per heavy atom. The van der Waals surface area contributed by atoms with Crippen molar-refractivity contribution >= 4 is 22.9 Å². The lowest BCUT2D eigenvalue weighted by molar-refractivity contribution is 0.0979. The van der Waals surface area contributed by atoms with E-state index < -0.39 is 0 Å². The van der Waals surface area contributed by atoms with E-state index in [0.717, 1.165) is 28.3 Å². The van der Waals surface area contributed by atoms with E-state index in [4.69, 9.17) is 4.74 Å². The number of nitrogens with one attached hydrogen (secondary N) is 1. The number of hydrogen-bond acceptors (Lipinski definition) is 4. The van der Waals surface area contributed by atoms with Crippen LogP contribution < -0.4 is 10.1 Å². The Morgan fingerprint density at radius 1 is 0.625 bits per heavy atom. The highest BCUT2D eigenvalue weighted by Gasteiger charge is 2.31. The van der Waals surface area contributed by atoms with Crippen LogP contribution in [0, 0.1) is 13.8 Å². The Hall–Kier alpha value is -4.18. The van der Waals surface area contributed by atoms with Crippen LogP contribution in [-0.2, 0) is 0 Å². The van der Waals surface area contributed by atoms with Crippen molar-refractivity contribution in [3.05, 3.63) is 118 Å². The standard InChI is InChI=1S/C28H21NO3/c1-17-15-20(32-19-9-4-3-5-10-19)16-18(2)26(17)29-24-14-8-13-23-25(24)28(31)22-12-7-6-11-21(22)27(23)30/h3-16,29H,1-2H3. The van der Waals surface area contributed by atoms with Gasteiger partial charge >= 0.3 is 0 Å². The summed E-state index contributed by atoms with van der Waals surface area (Å²) in [6.07, 6.45) is 0. The number of carbonyl (C=O) groups excluding carboxylic acids is 2. The van der Waals surface area contributed by atoms with Gasteiger partial charge in [-0.15, -0.1) is 0 Å². The first-order valence-electron chi connectivity index (χ1n) is 10.5. The van der Waals surface area contributed by atoms with Gasteiger partial charge in [-0.25, -0.2) is 0 Å². The van der Waals surface area contributed by atoms with Crippen molar-refractivity contribution in [3.63, 3.8) is 0 Å². The average Bonchev–Trinajstić information content (AvgIpc) is 2.80. The number of benzene rings is 4. The molecule has 0 spiro atoms. The number of ether oxygens (including phenoxy) is 1. The van der Waals surface area contributed by atoms with Gasteiger partial charge in [0.2, 0.25) is 0 Å². The molecule has 0 aliphatic heterocycles. The number of para-hydroxylation sites is 1.